The number of benzene rings is 1. The van der Waals surface area contributed by atoms with Gasteiger partial charge < -0.3 is 58.9 Å². The van der Waals surface area contributed by atoms with Gasteiger partial charge in [0.2, 0.25) is 0 Å². The van der Waals surface area contributed by atoms with Crippen molar-refractivity contribution in [2.45, 2.75) is 103 Å². The lowest BCUT2D eigenvalue weighted by atomic mass is 9.83. The van der Waals surface area contributed by atoms with Crippen LogP contribution in [0.4, 0.5) is 0 Å². The van der Waals surface area contributed by atoms with Crippen LogP contribution in [0.25, 0.3) is 0 Å². The van der Waals surface area contributed by atoms with Gasteiger partial charge in [0, 0.05) is 25.2 Å². The third-order valence-electron chi connectivity index (χ3n) is 7.97. The van der Waals surface area contributed by atoms with Crippen LogP contribution < -0.4 is 15.2 Å². The fourth-order valence-electron chi connectivity index (χ4n) is 4.00. The lowest BCUT2D eigenvalue weighted by molar-refractivity contribution is -0.165. The minimum absolute atomic E-state index is 0.122. The summed E-state index contributed by atoms with van der Waals surface area (Å²) in [6.45, 7) is 17.1. The van der Waals surface area contributed by atoms with E-state index < -0.39 is 34.6 Å². The van der Waals surface area contributed by atoms with E-state index in [-0.39, 0.29) is 33.0 Å². The normalized spacial score (nSPS) is 15.3. The van der Waals surface area contributed by atoms with Crippen molar-refractivity contribution >= 4 is 0 Å². The Kier molecular flexibility index (Phi) is 20.5. The second-order valence-corrected chi connectivity index (χ2v) is 13.9. The zero-order chi connectivity index (χ0) is 35.4. The molecule has 0 saturated carbocycles. The van der Waals surface area contributed by atoms with E-state index in [2.05, 4.69) is 0 Å². The summed E-state index contributed by atoms with van der Waals surface area (Å²) < 4.78 is 45.7. The maximum Gasteiger partial charge on any atom is 0.121 e. The molecule has 0 saturated heterocycles. The van der Waals surface area contributed by atoms with E-state index >= 15 is 0 Å². The van der Waals surface area contributed by atoms with Crippen molar-refractivity contribution < 1.29 is 53.2 Å². The number of ether oxygens (including phenoxy) is 8. The Hall–Kier alpha value is -1.58. The van der Waals surface area contributed by atoms with Crippen molar-refractivity contribution in [2.24, 2.45) is 11.1 Å². The molecule has 12 nitrogen and oxygen atoms in total. The molecule has 0 fully saturated rings. The monoisotopic (exact) mass is 675 g/mol. The van der Waals surface area contributed by atoms with E-state index in [4.69, 9.17) is 48.7 Å². The van der Waals surface area contributed by atoms with Crippen LogP contribution in [0, 0.1) is 5.41 Å². The number of rotatable bonds is 29. The molecule has 0 radical (unpaired) electrons. The molecule has 0 amide bonds. The number of unbranched alkanes of at least 4 members (excludes halogenated alkanes) is 1. The summed E-state index contributed by atoms with van der Waals surface area (Å²) in [5.74, 6) is 1.39. The van der Waals surface area contributed by atoms with Gasteiger partial charge in [-0.1, -0.05) is 13.8 Å². The number of aliphatic hydroxyl groups is 3. The number of aliphatic hydroxyl groups excluding tert-OH is 3. The molecule has 0 aliphatic rings. The third kappa shape index (κ3) is 19.9. The molecule has 1 aromatic carbocycles. The molecule has 0 spiro atoms. The van der Waals surface area contributed by atoms with Gasteiger partial charge in [-0.2, -0.15) is 0 Å². The molecule has 12 heteroatoms. The maximum absolute atomic E-state index is 10.1. The Balaban J connectivity index is 2.26. The molecule has 0 aliphatic heterocycles. The SMILES string of the molecule is COc1ccc(OCC(O)COCCOC(C)(C)CCOC(C)(N)C(C)(C)COC(C)(C)CCOCC(O)COCCCCO)cc1. The first kappa shape index (κ1) is 43.4. The maximum atomic E-state index is 10.1. The molecule has 0 aliphatic carbocycles. The van der Waals surface area contributed by atoms with Gasteiger partial charge in [0.1, 0.15) is 36.0 Å². The van der Waals surface area contributed by atoms with Gasteiger partial charge in [0.15, 0.2) is 0 Å². The third-order valence-corrected chi connectivity index (χ3v) is 7.97. The van der Waals surface area contributed by atoms with Gasteiger partial charge in [-0.15, -0.1) is 0 Å². The Labute approximate surface area is 283 Å². The lowest BCUT2D eigenvalue weighted by Crippen LogP contribution is -2.55. The van der Waals surface area contributed by atoms with Gasteiger partial charge >= 0.3 is 0 Å². The van der Waals surface area contributed by atoms with Gasteiger partial charge in [-0.25, -0.2) is 0 Å². The van der Waals surface area contributed by atoms with Crippen molar-refractivity contribution in [1.29, 1.82) is 0 Å². The Morgan fingerprint density at radius 2 is 1.17 bits per heavy atom. The number of hydrogen-bond donors (Lipinski definition) is 4. The first-order chi connectivity index (χ1) is 22.0. The van der Waals surface area contributed by atoms with E-state index in [1.165, 1.54) is 0 Å². The average molecular weight is 676 g/mol. The number of methoxy groups -OCH3 is 1. The summed E-state index contributed by atoms with van der Waals surface area (Å²) in [5, 5.41) is 28.9. The molecule has 5 N–H and O–H groups in total. The largest absolute Gasteiger partial charge is 0.497 e. The van der Waals surface area contributed by atoms with Gasteiger partial charge in [-0.05, 0) is 84.6 Å². The Bertz CT molecular complexity index is 925. The van der Waals surface area contributed by atoms with Crippen LogP contribution in [-0.4, -0.2) is 124 Å². The molecule has 0 bridgehead atoms. The highest BCUT2D eigenvalue weighted by Gasteiger charge is 2.40. The van der Waals surface area contributed by atoms with E-state index in [0.717, 1.165) is 12.2 Å². The van der Waals surface area contributed by atoms with Crippen molar-refractivity contribution in [2.75, 3.05) is 79.8 Å². The highest BCUT2D eigenvalue weighted by molar-refractivity contribution is 5.31. The molecule has 1 aromatic rings. The fraction of sp³-hybridized carbons (Fsp3) is 0.829. The lowest BCUT2D eigenvalue weighted by Gasteiger charge is -2.43. The van der Waals surface area contributed by atoms with Crippen molar-refractivity contribution in [3.05, 3.63) is 24.3 Å². The molecule has 3 unspecified atom stereocenters. The summed E-state index contributed by atoms with van der Waals surface area (Å²) in [4.78, 5) is 0. The number of nitrogens with two attached hydrogens (primary N) is 1. The van der Waals surface area contributed by atoms with Gasteiger partial charge in [0.05, 0.1) is 64.6 Å². The van der Waals surface area contributed by atoms with Crippen LogP contribution in [0.2, 0.25) is 0 Å². The molecule has 47 heavy (non-hydrogen) atoms. The fourth-order valence-corrected chi connectivity index (χ4v) is 4.00. The summed E-state index contributed by atoms with van der Waals surface area (Å²) >= 11 is 0. The van der Waals surface area contributed by atoms with E-state index in [1.54, 1.807) is 31.4 Å². The summed E-state index contributed by atoms with van der Waals surface area (Å²) in [5.41, 5.74) is 4.27. The first-order valence-corrected chi connectivity index (χ1v) is 16.7. The second kappa shape index (κ2) is 22.2. The predicted molar refractivity (Wildman–Crippen MR) is 181 cm³/mol. The quantitative estimate of drug-likeness (QED) is 0.0721. The molecular weight excluding hydrogens is 610 g/mol. The van der Waals surface area contributed by atoms with Crippen LogP contribution in [0.15, 0.2) is 24.3 Å². The Morgan fingerprint density at radius 1 is 0.638 bits per heavy atom. The molecule has 1 rings (SSSR count). The topological polar surface area (TPSA) is 161 Å². The molecule has 0 heterocycles. The van der Waals surface area contributed by atoms with Crippen molar-refractivity contribution in [3.8, 4) is 11.5 Å². The summed E-state index contributed by atoms with van der Waals surface area (Å²) in [6, 6.07) is 7.16. The minimum atomic E-state index is -0.954. The molecule has 3 atom stereocenters. The van der Waals surface area contributed by atoms with Crippen LogP contribution >= 0.6 is 0 Å². The van der Waals surface area contributed by atoms with Crippen molar-refractivity contribution in [3.63, 3.8) is 0 Å². The average Bonchev–Trinajstić information content (AvgIpc) is 3.01. The second-order valence-electron chi connectivity index (χ2n) is 13.9. The zero-order valence-electron chi connectivity index (χ0n) is 30.3. The molecule has 0 aromatic heterocycles. The zero-order valence-corrected chi connectivity index (χ0v) is 30.3. The summed E-state index contributed by atoms with van der Waals surface area (Å²) in [7, 11) is 1.60. The van der Waals surface area contributed by atoms with Gasteiger partial charge in [-0.3, -0.25) is 0 Å². The highest BCUT2D eigenvalue weighted by Crippen LogP contribution is 2.33. The minimum Gasteiger partial charge on any atom is -0.497 e. The summed E-state index contributed by atoms with van der Waals surface area (Å²) in [6.07, 6.45) is 1.27. The van der Waals surface area contributed by atoms with E-state index in [0.29, 0.717) is 64.7 Å². The number of hydrogen-bond acceptors (Lipinski definition) is 12. The van der Waals surface area contributed by atoms with Crippen LogP contribution in [0.3, 0.4) is 0 Å². The van der Waals surface area contributed by atoms with Crippen molar-refractivity contribution in [1.82, 2.24) is 0 Å². The van der Waals surface area contributed by atoms with Crippen LogP contribution in [-0.2, 0) is 28.4 Å². The van der Waals surface area contributed by atoms with Gasteiger partial charge in [0.25, 0.3) is 0 Å². The standard InChI is InChI=1S/C35H65NO11/c1-32(2,27-47-34(5,6)15-19-42-24-28(38)23-41-18-10-9-17-37)35(7,36)46-20-16-33(3,4)45-22-21-43-25-29(39)26-44-31-13-11-30(40-8)12-14-31/h11-14,28-29,37-39H,9-10,15-27,36H2,1-8H3. The first-order valence-electron chi connectivity index (χ1n) is 16.7. The van der Waals surface area contributed by atoms with E-state index in [1.807, 2.05) is 48.5 Å². The molecule has 276 valence electrons. The predicted octanol–water partition coefficient (Wildman–Crippen LogP) is 3.71. The van der Waals surface area contributed by atoms with E-state index in [9.17, 15) is 10.2 Å². The van der Waals surface area contributed by atoms with Crippen LogP contribution in [0.1, 0.15) is 74.1 Å². The molecular formula is C35H65NO11. The van der Waals surface area contributed by atoms with Crippen LogP contribution in [0.5, 0.6) is 11.5 Å². The smallest absolute Gasteiger partial charge is 0.121 e. The Morgan fingerprint density at radius 3 is 1.79 bits per heavy atom. The highest BCUT2D eigenvalue weighted by atomic mass is 16.6.